The Hall–Kier alpha value is 0. The van der Waals surface area contributed by atoms with E-state index in [4.69, 9.17) is 0 Å². The maximum atomic E-state index is 2.45. The highest BCUT2D eigenvalue weighted by Gasteiger charge is 2.40. The molecule has 0 heterocycles. The predicted molar refractivity (Wildman–Crippen MR) is 73.5 cm³/mol. The van der Waals surface area contributed by atoms with E-state index in [2.05, 4.69) is 41.5 Å². The summed E-state index contributed by atoms with van der Waals surface area (Å²) in [6.07, 6.45) is 7.14. The second-order valence-electron chi connectivity index (χ2n) is 6.96. The van der Waals surface area contributed by atoms with E-state index in [0.717, 1.165) is 23.7 Å². The van der Waals surface area contributed by atoms with E-state index in [1.54, 1.807) is 0 Å². The van der Waals surface area contributed by atoms with E-state index in [-0.39, 0.29) is 0 Å². The highest BCUT2D eigenvalue weighted by atomic mass is 14.5. The highest BCUT2D eigenvalue weighted by molar-refractivity contribution is 4.90. The fourth-order valence-corrected chi connectivity index (χ4v) is 3.98. The van der Waals surface area contributed by atoms with Crippen LogP contribution in [-0.4, -0.2) is 0 Å². The van der Waals surface area contributed by atoms with Crippen LogP contribution in [0.5, 0.6) is 0 Å². The maximum absolute atomic E-state index is 2.45. The molecule has 0 N–H and O–H groups in total. The summed E-state index contributed by atoms with van der Waals surface area (Å²) >= 11 is 0. The van der Waals surface area contributed by atoms with Gasteiger partial charge < -0.3 is 0 Å². The Labute approximate surface area is 103 Å². The molecule has 4 atom stereocenters. The van der Waals surface area contributed by atoms with Gasteiger partial charge in [0.1, 0.15) is 0 Å². The van der Waals surface area contributed by atoms with Crippen LogP contribution in [-0.2, 0) is 0 Å². The number of hydrogen-bond acceptors (Lipinski definition) is 0. The van der Waals surface area contributed by atoms with Crippen LogP contribution in [0.25, 0.3) is 0 Å². The van der Waals surface area contributed by atoms with Crippen LogP contribution >= 0.6 is 0 Å². The minimum absolute atomic E-state index is 0.502. The summed E-state index contributed by atoms with van der Waals surface area (Å²) in [6.45, 7) is 14.5. The van der Waals surface area contributed by atoms with Crippen LogP contribution < -0.4 is 0 Å². The van der Waals surface area contributed by atoms with Gasteiger partial charge >= 0.3 is 0 Å². The summed E-state index contributed by atoms with van der Waals surface area (Å²) in [5, 5.41) is 0. The minimum atomic E-state index is 0.502. The Balaban J connectivity index is 2.84. The molecule has 96 valence electrons. The molecular weight excluding hydrogens is 192 g/mol. The van der Waals surface area contributed by atoms with Crippen LogP contribution in [0.2, 0.25) is 0 Å². The molecule has 0 radical (unpaired) electrons. The highest BCUT2D eigenvalue weighted by Crippen LogP contribution is 2.49. The van der Waals surface area contributed by atoms with Gasteiger partial charge in [0.15, 0.2) is 0 Å². The van der Waals surface area contributed by atoms with Gasteiger partial charge in [-0.05, 0) is 41.9 Å². The van der Waals surface area contributed by atoms with Crippen LogP contribution in [0.1, 0.15) is 73.6 Å². The zero-order valence-electron chi connectivity index (χ0n) is 12.3. The van der Waals surface area contributed by atoms with Crippen molar-refractivity contribution in [3.8, 4) is 0 Å². The van der Waals surface area contributed by atoms with Gasteiger partial charge in [-0.25, -0.2) is 0 Å². The Kier molecular flexibility index (Phi) is 4.88. The first-order valence-corrected chi connectivity index (χ1v) is 7.43. The summed E-state index contributed by atoms with van der Waals surface area (Å²) in [7, 11) is 0. The SMILES string of the molecule is CCC1CC(CC)C(CC)C(C(C)(C)C)C1. The topological polar surface area (TPSA) is 0 Å². The molecule has 0 aromatic rings. The lowest BCUT2D eigenvalue weighted by atomic mass is 9.58. The standard InChI is InChI=1S/C16H32/c1-7-12-10-13(8-2)14(9-3)15(11-12)16(4,5)6/h12-15H,7-11H2,1-6H3. The molecule has 1 fully saturated rings. The van der Waals surface area contributed by atoms with E-state index in [1.165, 1.54) is 32.1 Å². The third kappa shape index (κ3) is 3.02. The van der Waals surface area contributed by atoms with Gasteiger partial charge in [0.05, 0.1) is 0 Å². The predicted octanol–water partition coefficient (Wildman–Crippen LogP) is 5.52. The van der Waals surface area contributed by atoms with Gasteiger partial charge in [0.25, 0.3) is 0 Å². The summed E-state index contributed by atoms with van der Waals surface area (Å²) in [5.74, 6) is 3.92. The molecule has 0 saturated heterocycles. The lowest BCUT2D eigenvalue weighted by Crippen LogP contribution is -2.39. The average molecular weight is 224 g/mol. The zero-order chi connectivity index (χ0) is 12.3. The van der Waals surface area contributed by atoms with Gasteiger partial charge in [0.2, 0.25) is 0 Å². The summed E-state index contributed by atoms with van der Waals surface area (Å²) in [5.41, 5.74) is 0.502. The van der Waals surface area contributed by atoms with Crippen LogP contribution in [0.4, 0.5) is 0 Å². The molecule has 1 aliphatic rings. The molecular formula is C16H32. The molecule has 0 aromatic heterocycles. The lowest BCUT2D eigenvalue weighted by Gasteiger charge is -2.47. The Morgan fingerprint density at radius 3 is 1.88 bits per heavy atom. The minimum Gasteiger partial charge on any atom is -0.0651 e. The van der Waals surface area contributed by atoms with Crippen molar-refractivity contribution in [2.24, 2.45) is 29.1 Å². The van der Waals surface area contributed by atoms with E-state index < -0.39 is 0 Å². The summed E-state index contributed by atoms with van der Waals surface area (Å²) in [4.78, 5) is 0. The van der Waals surface area contributed by atoms with Crippen molar-refractivity contribution >= 4 is 0 Å². The van der Waals surface area contributed by atoms with Gasteiger partial charge in [0, 0.05) is 0 Å². The molecule has 0 spiro atoms. The van der Waals surface area contributed by atoms with E-state index in [0.29, 0.717) is 5.41 Å². The molecule has 0 nitrogen and oxygen atoms in total. The molecule has 4 unspecified atom stereocenters. The molecule has 0 aromatic carbocycles. The Morgan fingerprint density at radius 2 is 1.50 bits per heavy atom. The van der Waals surface area contributed by atoms with Crippen molar-refractivity contribution in [2.45, 2.75) is 73.6 Å². The molecule has 16 heavy (non-hydrogen) atoms. The largest absolute Gasteiger partial charge is 0.0651 e. The van der Waals surface area contributed by atoms with Crippen molar-refractivity contribution in [2.75, 3.05) is 0 Å². The summed E-state index contributed by atoms with van der Waals surface area (Å²) < 4.78 is 0. The first-order valence-electron chi connectivity index (χ1n) is 7.43. The number of rotatable bonds is 3. The van der Waals surface area contributed by atoms with Gasteiger partial charge in [-0.2, -0.15) is 0 Å². The number of hydrogen-bond donors (Lipinski definition) is 0. The van der Waals surface area contributed by atoms with Gasteiger partial charge in [-0.3, -0.25) is 0 Å². The van der Waals surface area contributed by atoms with Crippen molar-refractivity contribution in [3.63, 3.8) is 0 Å². The Bertz CT molecular complexity index is 199. The van der Waals surface area contributed by atoms with Crippen molar-refractivity contribution in [3.05, 3.63) is 0 Å². The monoisotopic (exact) mass is 224 g/mol. The third-order valence-corrected chi connectivity index (χ3v) is 5.03. The second kappa shape index (κ2) is 5.56. The first-order chi connectivity index (χ1) is 7.43. The van der Waals surface area contributed by atoms with Crippen molar-refractivity contribution in [1.29, 1.82) is 0 Å². The second-order valence-corrected chi connectivity index (χ2v) is 6.96. The molecule has 0 heteroatoms. The fraction of sp³-hybridized carbons (Fsp3) is 1.00. The third-order valence-electron chi connectivity index (χ3n) is 5.03. The van der Waals surface area contributed by atoms with E-state index in [9.17, 15) is 0 Å². The van der Waals surface area contributed by atoms with Crippen LogP contribution in [0, 0.1) is 29.1 Å². The van der Waals surface area contributed by atoms with Crippen molar-refractivity contribution in [1.82, 2.24) is 0 Å². The molecule has 1 aliphatic carbocycles. The first kappa shape index (κ1) is 14.1. The molecule has 1 saturated carbocycles. The van der Waals surface area contributed by atoms with E-state index in [1.807, 2.05) is 0 Å². The lowest BCUT2D eigenvalue weighted by molar-refractivity contribution is 0.0243. The fourth-order valence-electron chi connectivity index (χ4n) is 3.98. The molecule has 0 bridgehead atoms. The summed E-state index contributed by atoms with van der Waals surface area (Å²) in [6, 6.07) is 0. The van der Waals surface area contributed by atoms with Crippen molar-refractivity contribution < 1.29 is 0 Å². The molecule has 0 amide bonds. The van der Waals surface area contributed by atoms with Crippen LogP contribution in [0.15, 0.2) is 0 Å². The van der Waals surface area contributed by atoms with E-state index >= 15 is 0 Å². The smallest absolute Gasteiger partial charge is 0.0332 e. The quantitative estimate of drug-likeness (QED) is 0.592. The Morgan fingerprint density at radius 1 is 0.875 bits per heavy atom. The van der Waals surface area contributed by atoms with Crippen LogP contribution in [0.3, 0.4) is 0 Å². The molecule has 1 rings (SSSR count). The van der Waals surface area contributed by atoms with Gasteiger partial charge in [-0.15, -0.1) is 0 Å². The zero-order valence-corrected chi connectivity index (χ0v) is 12.3. The average Bonchev–Trinajstić information content (AvgIpc) is 2.25. The normalized spacial score (nSPS) is 36.4. The molecule has 0 aliphatic heterocycles. The maximum Gasteiger partial charge on any atom is -0.0332 e. The van der Waals surface area contributed by atoms with Gasteiger partial charge in [-0.1, -0.05) is 60.8 Å².